The third-order valence-electron chi connectivity index (χ3n) is 4.92. The summed E-state index contributed by atoms with van der Waals surface area (Å²) in [7, 11) is 1.57. The molecule has 3 nitrogen and oxygen atoms in total. The Hall–Kier alpha value is -2.58. The molecule has 0 saturated heterocycles. The van der Waals surface area contributed by atoms with Crippen molar-refractivity contribution in [2.24, 2.45) is 0 Å². The van der Waals surface area contributed by atoms with Crippen molar-refractivity contribution in [3.8, 4) is 0 Å². The number of rotatable bonds is 3. The van der Waals surface area contributed by atoms with E-state index in [-0.39, 0.29) is 27.3 Å². The van der Waals surface area contributed by atoms with E-state index in [1.165, 1.54) is 37.3 Å². The van der Waals surface area contributed by atoms with Gasteiger partial charge < -0.3 is 5.11 Å². The van der Waals surface area contributed by atoms with E-state index >= 15 is 0 Å². The molecule has 0 spiro atoms. The lowest BCUT2D eigenvalue weighted by molar-refractivity contribution is -0.137. The molecule has 0 radical (unpaired) electrons. The highest BCUT2D eigenvalue weighted by Crippen LogP contribution is 2.44. The van der Waals surface area contributed by atoms with E-state index in [4.69, 9.17) is 12.2 Å². The molecule has 0 fully saturated rings. The molecule has 1 atom stereocenters. The first-order chi connectivity index (χ1) is 12.9. The molecule has 0 aromatic heterocycles. The summed E-state index contributed by atoms with van der Waals surface area (Å²) in [4.78, 5) is 11.8. The van der Waals surface area contributed by atoms with Crippen LogP contribution >= 0.6 is 12.2 Å². The highest BCUT2D eigenvalue weighted by Gasteiger charge is 2.45. The van der Waals surface area contributed by atoms with E-state index in [0.29, 0.717) is 16.7 Å². The second kappa shape index (κ2) is 6.79. The molecule has 1 aliphatic heterocycles. The van der Waals surface area contributed by atoms with Gasteiger partial charge in [0.2, 0.25) is 4.99 Å². The number of hydrogen-bond donors (Lipinski definition) is 1. The van der Waals surface area contributed by atoms with Crippen LogP contribution in [0.2, 0.25) is 0 Å². The Labute approximate surface area is 164 Å². The number of halogens is 4. The number of hydrogen-bond acceptors (Lipinski definition) is 2. The minimum absolute atomic E-state index is 0.00106. The fraction of sp³-hybridized carbons (Fsp3) is 0.200. The number of aliphatic carboxylic acids is 1. The van der Waals surface area contributed by atoms with Gasteiger partial charge in [-0.15, -0.1) is 0 Å². The summed E-state index contributed by atoms with van der Waals surface area (Å²) < 4.78 is 52.8. The number of carbonyl (C=O) groups is 1. The van der Waals surface area contributed by atoms with Gasteiger partial charge in [0.1, 0.15) is 23.6 Å². The van der Waals surface area contributed by atoms with Crippen LogP contribution in [0.1, 0.15) is 23.6 Å². The molecule has 1 N–H and O–H groups in total. The third kappa shape index (κ3) is 3.33. The Balaban J connectivity index is 2.25. The molecule has 28 heavy (non-hydrogen) atoms. The van der Waals surface area contributed by atoms with Crippen LogP contribution in [0, 0.1) is 5.82 Å². The molecule has 1 aliphatic rings. The lowest BCUT2D eigenvalue weighted by Crippen LogP contribution is -2.53. The molecule has 0 saturated carbocycles. The molecule has 0 amide bonds. The molecule has 1 heterocycles. The Kier molecular flexibility index (Phi) is 4.89. The smallest absolute Gasteiger partial charge is 0.416 e. The topological polar surface area (TPSA) is 37.3 Å². The minimum atomic E-state index is -4.55. The first kappa shape index (κ1) is 20.2. The summed E-state index contributed by atoms with van der Waals surface area (Å²) in [5.41, 5.74) is 0.626. The van der Waals surface area contributed by atoms with Crippen LogP contribution in [0.15, 0.2) is 48.0 Å². The summed E-state index contributed by atoms with van der Waals surface area (Å²) in [5, 5.41) is 9.64. The number of benzene rings is 2. The SMILES string of the molecule is CC1=C(C(=O)O)C(=S)[N+](C)(Cc2ccc(F)cc2)c2cc(C(F)(F)F)ccc21. The maximum absolute atomic E-state index is 13.3. The van der Waals surface area contributed by atoms with Gasteiger partial charge in [-0.05, 0) is 49.0 Å². The van der Waals surface area contributed by atoms with Crippen molar-refractivity contribution < 1.29 is 27.5 Å². The van der Waals surface area contributed by atoms with E-state index in [1.807, 2.05) is 0 Å². The highest BCUT2D eigenvalue weighted by molar-refractivity contribution is 7.81. The summed E-state index contributed by atoms with van der Waals surface area (Å²) in [6, 6.07) is 8.69. The lowest BCUT2D eigenvalue weighted by Gasteiger charge is -2.39. The van der Waals surface area contributed by atoms with Crippen molar-refractivity contribution in [3.05, 3.63) is 70.5 Å². The van der Waals surface area contributed by atoms with Crippen molar-refractivity contribution in [2.45, 2.75) is 19.6 Å². The van der Waals surface area contributed by atoms with Gasteiger partial charge in [0, 0.05) is 17.2 Å². The van der Waals surface area contributed by atoms with Gasteiger partial charge in [-0.25, -0.2) is 13.7 Å². The Morgan fingerprint density at radius 1 is 1.14 bits per heavy atom. The van der Waals surface area contributed by atoms with E-state index in [2.05, 4.69) is 0 Å². The number of alkyl halides is 3. The number of carboxylic acid groups (broad SMARTS) is 1. The van der Waals surface area contributed by atoms with Crippen molar-refractivity contribution in [1.29, 1.82) is 0 Å². The highest BCUT2D eigenvalue weighted by atomic mass is 32.1. The van der Waals surface area contributed by atoms with Crippen molar-refractivity contribution >= 4 is 34.4 Å². The molecule has 0 aliphatic carbocycles. The maximum atomic E-state index is 13.3. The standard InChI is InChI=1S/C20H15F4NO2S/c1-11-15-8-5-13(20(22,23)24)9-16(15)25(2,18(28)17(11)19(26)27)10-12-3-6-14(21)7-4-12/h3-9H,10H2,1-2H3/p+1. The van der Waals surface area contributed by atoms with Crippen LogP contribution in [-0.2, 0) is 17.5 Å². The van der Waals surface area contributed by atoms with E-state index in [1.54, 1.807) is 7.05 Å². The molecule has 3 rings (SSSR count). The first-order valence-electron chi connectivity index (χ1n) is 8.26. The van der Waals surface area contributed by atoms with Gasteiger partial charge in [-0.3, -0.25) is 0 Å². The normalized spacial score (nSPS) is 19.6. The largest absolute Gasteiger partial charge is 0.477 e. The zero-order valence-electron chi connectivity index (χ0n) is 15.0. The number of allylic oxidation sites excluding steroid dienone is 1. The van der Waals surface area contributed by atoms with Gasteiger partial charge in [-0.1, -0.05) is 12.1 Å². The number of likely N-dealkylation sites (N-methyl/N-ethyl adjacent to an activating group) is 1. The van der Waals surface area contributed by atoms with Gasteiger partial charge in [0.15, 0.2) is 0 Å². The number of nitrogens with zero attached hydrogens (tertiary/aromatic N) is 1. The number of quaternary nitrogens is 1. The summed E-state index contributed by atoms with van der Waals surface area (Å²) >= 11 is 5.43. The Morgan fingerprint density at radius 2 is 1.75 bits per heavy atom. The van der Waals surface area contributed by atoms with Crippen LogP contribution in [0.4, 0.5) is 23.2 Å². The predicted octanol–water partition coefficient (Wildman–Crippen LogP) is 5.18. The average Bonchev–Trinajstić information content (AvgIpc) is 2.61. The van der Waals surface area contributed by atoms with Crippen LogP contribution in [0.3, 0.4) is 0 Å². The maximum Gasteiger partial charge on any atom is 0.416 e. The molecule has 2 aromatic rings. The molecule has 8 heteroatoms. The Morgan fingerprint density at radius 3 is 2.29 bits per heavy atom. The number of carboxylic acids is 1. The number of thiocarbonyl (C=S) groups is 1. The molecular weight excluding hydrogens is 394 g/mol. The van der Waals surface area contributed by atoms with Crippen molar-refractivity contribution in [2.75, 3.05) is 7.05 Å². The average molecular weight is 410 g/mol. The van der Waals surface area contributed by atoms with Gasteiger partial charge in [0.25, 0.3) is 0 Å². The van der Waals surface area contributed by atoms with Crippen LogP contribution in [-0.4, -0.2) is 23.1 Å². The van der Waals surface area contributed by atoms with E-state index in [9.17, 15) is 27.5 Å². The van der Waals surface area contributed by atoms with Crippen LogP contribution in [0.25, 0.3) is 5.57 Å². The van der Waals surface area contributed by atoms with Crippen LogP contribution < -0.4 is 4.48 Å². The predicted molar refractivity (Wildman–Crippen MR) is 102 cm³/mol. The zero-order valence-corrected chi connectivity index (χ0v) is 15.8. The third-order valence-corrected chi connectivity index (χ3v) is 5.53. The Bertz CT molecular complexity index is 1010. The van der Waals surface area contributed by atoms with Gasteiger partial charge >= 0.3 is 12.1 Å². The fourth-order valence-corrected chi connectivity index (χ4v) is 3.85. The van der Waals surface area contributed by atoms with Gasteiger partial charge in [0.05, 0.1) is 12.6 Å². The zero-order chi connectivity index (χ0) is 20.9. The summed E-state index contributed by atoms with van der Waals surface area (Å²) in [6.45, 7) is 1.61. The second-order valence-corrected chi connectivity index (χ2v) is 7.20. The van der Waals surface area contributed by atoms with E-state index < -0.39 is 23.5 Å². The molecule has 1 unspecified atom stereocenters. The minimum Gasteiger partial charge on any atom is -0.477 e. The molecule has 0 bridgehead atoms. The van der Waals surface area contributed by atoms with Crippen molar-refractivity contribution in [3.63, 3.8) is 0 Å². The fourth-order valence-electron chi connectivity index (χ4n) is 3.45. The van der Waals surface area contributed by atoms with Crippen LogP contribution in [0.5, 0.6) is 0 Å². The first-order valence-corrected chi connectivity index (χ1v) is 8.67. The van der Waals surface area contributed by atoms with Gasteiger partial charge in [-0.2, -0.15) is 13.2 Å². The molecular formula is C20H16F4NO2S+. The summed E-state index contributed by atoms with van der Waals surface area (Å²) in [5.74, 6) is -1.69. The van der Waals surface area contributed by atoms with Crippen molar-refractivity contribution in [1.82, 2.24) is 4.48 Å². The molecule has 2 aromatic carbocycles. The summed E-state index contributed by atoms with van der Waals surface area (Å²) in [6.07, 6.45) is -4.55. The van der Waals surface area contributed by atoms with E-state index in [0.717, 1.165) is 12.1 Å². The monoisotopic (exact) mass is 410 g/mol. The quantitative estimate of drug-likeness (QED) is 0.430. The lowest BCUT2D eigenvalue weighted by atomic mass is 9.91. The molecule has 146 valence electrons. The second-order valence-electron chi connectivity index (χ2n) is 6.82. The number of fused-ring (bicyclic) bond motifs is 1.